The Morgan fingerprint density at radius 2 is 2.00 bits per heavy atom. The van der Waals surface area contributed by atoms with Gasteiger partial charge in [-0.1, -0.05) is 0 Å². The van der Waals surface area contributed by atoms with Crippen LogP contribution in [0.5, 0.6) is 0 Å². The van der Waals surface area contributed by atoms with Crippen LogP contribution in [0, 0.1) is 6.92 Å². The highest BCUT2D eigenvalue weighted by Gasteiger charge is 2.32. The predicted octanol–water partition coefficient (Wildman–Crippen LogP) is 1.79. The normalized spacial score (nSPS) is 23.9. The van der Waals surface area contributed by atoms with Gasteiger partial charge in [0.05, 0.1) is 11.5 Å². The van der Waals surface area contributed by atoms with Crippen LogP contribution in [0.2, 0.25) is 0 Å². The van der Waals surface area contributed by atoms with Crippen molar-refractivity contribution in [2.75, 3.05) is 40.9 Å². The first-order valence-corrected chi connectivity index (χ1v) is 10.4. The van der Waals surface area contributed by atoms with Gasteiger partial charge < -0.3 is 9.80 Å². The summed E-state index contributed by atoms with van der Waals surface area (Å²) in [5, 5.41) is 0. The maximum atomic E-state index is 11.8. The highest BCUT2D eigenvalue weighted by molar-refractivity contribution is 7.91. The van der Waals surface area contributed by atoms with Crippen molar-refractivity contribution in [3.63, 3.8) is 0 Å². The Bertz CT molecular complexity index is 656. The second-order valence-corrected chi connectivity index (χ2v) is 8.75. The van der Waals surface area contributed by atoms with Gasteiger partial charge in [-0.3, -0.25) is 0 Å². The standard InChI is InChI=1S/C16H26N4O2S/c1-3-20(14-7-10-23(21,22)12-14)16-11-15(17-13(2)18-16)19-8-5-4-6-9-19/h11,14H,3-10,12H2,1-2H3. The van der Waals surface area contributed by atoms with E-state index >= 15 is 0 Å². The Morgan fingerprint density at radius 1 is 1.26 bits per heavy atom. The molecule has 0 N–H and O–H groups in total. The van der Waals surface area contributed by atoms with E-state index in [-0.39, 0.29) is 17.5 Å². The van der Waals surface area contributed by atoms with E-state index in [1.54, 1.807) is 0 Å². The molecule has 23 heavy (non-hydrogen) atoms. The van der Waals surface area contributed by atoms with Gasteiger partial charge >= 0.3 is 0 Å². The van der Waals surface area contributed by atoms with Crippen LogP contribution >= 0.6 is 0 Å². The van der Waals surface area contributed by atoms with E-state index in [9.17, 15) is 8.42 Å². The summed E-state index contributed by atoms with van der Waals surface area (Å²) in [5.41, 5.74) is 0. The van der Waals surface area contributed by atoms with Gasteiger partial charge in [-0.15, -0.1) is 0 Å². The Hall–Kier alpha value is -1.37. The number of nitrogens with zero attached hydrogens (tertiary/aromatic N) is 4. The highest BCUT2D eigenvalue weighted by atomic mass is 32.2. The topological polar surface area (TPSA) is 66.4 Å². The van der Waals surface area contributed by atoms with Gasteiger partial charge in [0.2, 0.25) is 0 Å². The third-order valence-electron chi connectivity index (χ3n) is 4.78. The van der Waals surface area contributed by atoms with Gasteiger partial charge in [-0.2, -0.15) is 0 Å². The number of sulfone groups is 1. The molecular formula is C16H26N4O2S. The summed E-state index contributed by atoms with van der Waals surface area (Å²) < 4.78 is 23.6. The van der Waals surface area contributed by atoms with Crippen molar-refractivity contribution in [2.24, 2.45) is 0 Å². The maximum absolute atomic E-state index is 11.8. The molecule has 0 radical (unpaired) electrons. The predicted molar refractivity (Wildman–Crippen MR) is 92.9 cm³/mol. The summed E-state index contributed by atoms with van der Waals surface area (Å²) >= 11 is 0. The van der Waals surface area contributed by atoms with E-state index in [0.717, 1.165) is 37.1 Å². The minimum atomic E-state index is -2.89. The summed E-state index contributed by atoms with van der Waals surface area (Å²) in [6.07, 6.45) is 4.39. The quantitative estimate of drug-likeness (QED) is 0.834. The van der Waals surface area contributed by atoms with Gasteiger partial charge in [-0.25, -0.2) is 18.4 Å². The van der Waals surface area contributed by atoms with Gasteiger partial charge in [0, 0.05) is 31.7 Å². The van der Waals surface area contributed by atoms with Crippen LogP contribution in [-0.4, -0.2) is 55.6 Å². The van der Waals surface area contributed by atoms with Crippen LogP contribution in [-0.2, 0) is 9.84 Å². The van der Waals surface area contributed by atoms with Crippen molar-refractivity contribution in [1.29, 1.82) is 0 Å². The molecule has 0 spiro atoms. The monoisotopic (exact) mass is 338 g/mol. The lowest BCUT2D eigenvalue weighted by Gasteiger charge is -2.31. The first-order valence-electron chi connectivity index (χ1n) is 8.56. The Morgan fingerprint density at radius 3 is 2.61 bits per heavy atom. The van der Waals surface area contributed by atoms with Crippen LogP contribution in [0.4, 0.5) is 11.6 Å². The third-order valence-corrected chi connectivity index (χ3v) is 6.53. The lowest BCUT2D eigenvalue weighted by molar-refractivity contribution is 0.571. The largest absolute Gasteiger partial charge is 0.356 e. The molecule has 7 heteroatoms. The molecule has 3 rings (SSSR count). The minimum absolute atomic E-state index is 0.0357. The number of anilines is 2. The molecule has 0 aliphatic carbocycles. The number of aromatic nitrogens is 2. The summed E-state index contributed by atoms with van der Waals surface area (Å²) in [5.74, 6) is 3.12. The summed E-state index contributed by atoms with van der Waals surface area (Å²) in [6.45, 7) is 6.81. The zero-order valence-corrected chi connectivity index (χ0v) is 14.8. The van der Waals surface area contributed by atoms with Crippen molar-refractivity contribution in [1.82, 2.24) is 9.97 Å². The lowest BCUT2D eigenvalue weighted by atomic mass is 10.1. The smallest absolute Gasteiger partial charge is 0.152 e. The number of aryl methyl sites for hydroxylation is 1. The average molecular weight is 338 g/mol. The van der Waals surface area contributed by atoms with Crippen molar-refractivity contribution in [3.8, 4) is 0 Å². The SMILES string of the molecule is CCN(c1cc(N2CCCCC2)nc(C)n1)C1CCS(=O)(=O)C1. The molecule has 0 aromatic carbocycles. The number of hydrogen-bond acceptors (Lipinski definition) is 6. The van der Waals surface area contributed by atoms with Gasteiger partial charge in [0.25, 0.3) is 0 Å². The molecule has 2 aliphatic rings. The molecule has 2 saturated heterocycles. The Labute approximate surface area is 138 Å². The molecule has 0 bridgehead atoms. The molecule has 1 aromatic heterocycles. The molecule has 2 aliphatic heterocycles. The van der Waals surface area contributed by atoms with Crippen molar-refractivity contribution in [3.05, 3.63) is 11.9 Å². The van der Waals surface area contributed by atoms with Crippen LogP contribution in [0.3, 0.4) is 0 Å². The fourth-order valence-corrected chi connectivity index (χ4v) is 5.33. The zero-order chi connectivity index (χ0) is 16.4. The summed E-state index contributed by atoms with van der Waals surface area (Å²) in [6, 6.07) is 2.07. The van der Waals surface area contributed by atoms with Crippen LogP contribution < -0.4 is 9.80 Å². The molecule has 0 saturated carbocycles. The Kier molecular flexibility index (Phi) is 4.75. The Balaban J connectivity index is 1.86. The number of rotatable bonds is 4. The van der Waals surface area contributed by atoms with E-state index in [1.807, 2.05) is 13.0 Å². The maximum Gasteiger partial charge on any atom is 0.152 e. The minimum Gasteiger partial charge on any atom is -0.356 e. The molecule has 128 valence electrons. The molecule has 1 atom stereocenters. The van der Waals surface area contributed by atoms with Crippen LogP contribution in [0.1, 0.15) is 38.4 Å². The molecular weight excluding hydrogens is 312 g/mol. The summed E-state index contributed by atoms with van der Waals surface area (Å²) in [7, 11) is -2.89. The highest BCUT2D eigenvalue weighted by Crippen LogP contribution is 2.26. The molecule has 6 nitrogen and oxygen atoms in total. The van der Waals surface area contributed by atoms with Gasteiger partial charge in [0.15, 0.2) is 9.84 Å². The second kappa shape index (κ2) is 6.63. The number of piperidine rings is 1. The molecule has 1 unspecified atom stereocenters. The van der Waals surface area contributed by atoms with Gasteiger partial charge in [0.1, 0.15) is 17.5 Å². The summed E-state index contributed by atoms with van der Waals surface area (Å²) in [4.78, 5) is 13.6. The first-order chi connectivity index (χ1) is 11.0. The average Bonchev–Trinajstić information content (AvgIpc) is 2.88. The van der Waals surface area contributed by atoms with E-state index in [4.69, 9.17) is 0 Å². The molecule has 1 aromatic rings. The third kappa shape index (κ3) is 3.76. The molecule has 0 amide bonds. The van der Waals surface area contributed by atoms with Crippen molar-refractivity contribution in [2.45, 2.75) is 45.6 Å². The van der Waals surface area contributed by atoms with Crippen molar-refractivity contribution < 1.29 is 8.42 Å². The fraction of sp³-hybridized carbons (Fsp3) is 0.750. The first kappa shape index (κ1) is 16.5. The number of hydrogen-bond donors (Lipinski definition) is 0. The van der Waals surface area contributed by atoms with E-state index in [2.05, 4.69) is 26.7 Å². The van der Waals surface area contributed by atoms with E-state index in [1.165, 1.54) is 19.3 Å². The second-order valence-electron chi connectivity index (χ2n) is 6.52. The zero-order valence-electron chi connectivity index (χ0n) is 14.0. The van der Waals surface area contributed by atoms with E-state index < -0.39 is 9.84 Å². The fourth-order valence-electron chi connectivity index (χ4n) is 3.60. The van der Waals surface area contributed by atoms with Crippen LogP contribution in [0.15, 0.2) is 6.07 Å². The lowest BCUT2D eigenvalue weighted by Crippen LogP contribution is -2.37. The molecule has 2 fully saturated rings. The van der Waals surface area contributed by atoms with Crippen LogP contribution in [0.25, 0.3) is 0 Å². The van der Waals surface area contributed by atoms with Gasteiger partial charge in [-0.05, 0) is 39.5 Å². The van der Waals surface area contributed by atoms with E-state index in [0.29, 0.717) is 6.42 Å². The molecule has 3 heterocycles. The van der Waals surface area contributed by atoms with Crippen molar-refractivity contribution >= 4 is 21.5 Å².